The van der Waals surface area contributed by atoms with E-state index < -0.39 is 0 Å². The van der Waals surface area contributed by atoms with Gasteiger partial charge in [0.05, 0.1) is 6.61 Å². The van der Waals surface area contributed by atoms with Gasteiger partial charge in [-0.3, -0.25) is 0 Å². The maximum atomic E-state index is 9.35. The van der Waals surface area contributed by atoms with Crippen LogP contribution in [0.3, 0.4) is 0 Å². The topological polar surface area (TPSA) is 32.3 Å². The van der Waals surface area contributed by atoms with E-state index in [1.54, 1.807) is 0 Å². The maximum absolute atomic E-state index is 9.35. The van der Waals surface area contributed by atoms with E-state index in [0.29, 0.717) is 0 Å². The van der Waals surface area contributed by atoms with Crippen LogP contribution in [0.4, 0.5) is 0 Å². The van der Waals surface area contributed by atoms with Gasteiger partial charge in [-0.25, -0.2) is 0 Å². The average Bonchev–Trinajstić information content (AvgIpc) is 2.55. The predicted octanol–water partition coefficient (Wildman–Crippen LogP) is 3.62. The van der Waals surface area contributed by atoms with Gasteiger partial charge in [0.15, 0.2) is 0 Å². The summed E-state index contributed by atoms with van der Waals surface area (Å²) >= 11 is 0. The van der Waals surface area contributed by atoms with E-state index in [1.165, 1.54) is 16.3 Å². The van der Waals surface area contributed by atoms with E-state index >= 15 is 0 Å². The van der Waals surface area contributed by atoms with E-state index in [9.17, 15) is 5.11 Å². The summed E-state index contributed by atoms with van der Waals surface area (Å²) in [4.78, 5) is 0. The van der Waals surface area contributed by atoms with Crippen molar-refractivity contribution in [3.63, 3.8) is 0 Å². The minimum absolute atomic E-state index is 0.0894. The molecule has 2 N–H and O–H groups in total. The van der Waals surface area contributed by atoms with E-state index in [4.69, 9.17) is 0 Å². The molecule has 0 radical (unpaired) electrons. The zero-order chi connectivity index (χ0) is 14.5. The van der Waals surface area contributed by atoms with E-state index in [-0.39, 0.29) is 6.61 Å². The molecular formula is C19H19NO. The second-order valence-corrected chi connectivity index (χ2v) is 5.17. The van der Waals surface area contributed by atoms with Gasteiger partial charge in [0.1, 0.15) is 0 Å². The van der Waals surface area contributed by atoms with Crippen LogP contribution in [-0.2, 0) is 19.7 Å². The van der Waals surface area contributed by atoms with Crippen LogP contribution in [0.1, 0.15) is 16.7 Å². The molecule has 3 rings (SSSR count). The van der Waals surface area contributed by atoms with Crippen molar-refractivity contribution in [3.05, 3.63) is 83.4 Å². The van der Waals surface area contributed by atoms with Crippen molar-refractivity contribution in [1.29, 1.82) is 0 Å². The third-order valence-electron chi connectivity index (χ3n) is 3.80. The number of hydrogen-bond donors (Lipinski definition) is 2. The summed E-state index contributed by atoms with van der Waals surface area (Å²) in [5, 5.41) is 15.4. The number of hydrogen-bond acceptors (Lipinski definition) is 2. The molecule has 21 heavy (non-hydrogen) atoms. The highest BCUT2D eigenvalue weighted by Gasteiger charge is 2.02. The van der Waals surface area contributed by atoms with Gasteiger partial charge in [-0.15, -0.1) is 0 Å². The van der Waals surface area contributed by atoms with E-state index in [0.717, 1.165) is 24.2 Å². The van der Waals surface area contributed by atoms with Crippen LogP contribution in [0.25, 0.3) is 10.8 Å². The van der Waals surface area contributed by atoms with Gasteiger partial charge in [-0.2, -0.15) is 0 Å². The summed E-state index contributed by atoms with van der Waals surface area (Å²) in [6.07, 6.45) is 0. The summed E-state index contributed by atoms with van der Waals surface area (Å²) in [5.74, 6) is 0. The van der Waals surface area contributed by atoms with Gasteiger partial charge in [0.25, 0.3) is 0 Å². The number of nitrogens with one attached hydrogen (secondary N) is 1. The molecule has 3 aromatic rings. The zero-order valence-electron chi connectivity index (χ0n) is 11.9. The van der Waals surface area contributed by atoms with Crippen LogP contribution < -0.4 is 5.32 Å². The van der Waals surface area contributed by atoms with Gasteiger partial charge in [-0.05, 0) is 27.5 Å². The Labute approximate surface area is 125 Å². The summed E-state index contributed by atoms with van der Waals surface area (Å²) in [6.45, 7) is 1.67. The maximum Gasteiger partial charge on any atom is 0.0685 e. The van der Waals surface area contributed by atoms with Crippen molar-refractivity contribution in [2.45, 2.75) is 19.7 Å². The molecule has 0 aromatic heterocycles. The van der Waals surface area contributed by atoms with Crippen molar-refractivity contribution in [1.82, 2.24) is 5.32 Å². The number of aliphatic hydroxyl groups is 1. The Bertz CT molecular complexity index is 731. The normalized spacial score (nSPS) is 10.9. The van der Waals surface area contributed by atoms with Crippen molar-refractivity contribution >= 4 is 10.8 Å². The SMILES string of the molecule is OCc1ccccc1CNCc1cccc2ccccc12. The number of benzene rings is 3. The van der Waals surface area contributed by atoms with Crippen LogP contribution in [0, 0.1) is 0 Å². The van der Waals surface area contributed by atoms with Crippen molar-refractivity contribution < 1.29 is 5.11 Å². The molecule has 0 unspecified atom stereocenters. The van der Waals surface area contributed by atoms with Crippen molar-refractivity contribution in [2.24, 2.45) is 0 Å². The Kier molecular flexibility index (Phi) is 4.29. The molecule has 0 saturated heterocycles. The summed E-state index contributed by atoms with van der Waals surface area (Å²) in [5.41, 5.74) is 3.44. The van der Waals surface area contributed by atoms with E-state index in [2.05, 4.69) is 53.8 Å². The highest BCUT2D eigenvalue weighted by atomic mass is 16.3. The first-order valence-corrected chi connectivity index (χ1v) is 7.23. The fourth-order valence-corrected chi connectivity index (χ4v) is 2.66. The first-order chi connectivity index (χ1) is 10.4. The van der Waals surface area contributed by atoms with Gasteiger partial charge in [0, 0.05) is 13.1 Å². The second kappa shape index (κ2) is 6.53. The lowest BCUT2D eigenvalue weighted by Gasteiger charge is -2.10. The smallest absolute Gasteiger partial charge is 0.0685 e. The minimum Gasteiger partial charge on any atom is -0.392 e. The fraction of sp³-hybridized carbons (Fsp3) is 0.158. The van der Waals surface area contributed by atoms with Gasteiger partial charge in [0.2, 0.25) is 0 Å². The molecular weight excluding hydrogens is 258 g/mol. The average molecular weight is 277 g/mol. The Balaban J connectivity index is 1.72. The molecule has 0 bridgehead atoms. The molecule has 0 aliphatic carbocycles. The molecule has 0 saturated carbocycles. The third-order valence-corrected chi connectivity index (χ3v) is 3.80. The van der Waals surface area contributed by atoms with Gasteiger partial charge in [-0.1, -0.05) is 66.7 Å². The molecule has 0 heterocycles. The molecule has 106 valence electrons. The van der Waals surface area contributed by atoms with Gasteiger partial charge >= 0.3 is 0 Å². The summed E-state index contributed by atoms with van der Waals surface area (Å²) in [6, 6.07) is 22.8. The molecule has 0 aliphatic heterocycles. The largest absolute Gasteiger partial charge is 0.392 e. The third kappa shape index (κ3) is 3.13. The zero-order valence-corrected chi connectivity index (χ0v) is 11.9. The molecule has 0 amide bonds. The highest BCUT2D eigenvalue weighted by molar-refractivity contribution is 5.85. The minimum atomic E-state index is 0.0894. The molecule has 0 aliphatic rings. The van der Waals surface area contributed by atoms with Crippen LogP contribution >= 0.6 is 0 Å². The predicted molar refractivity (Wildman–Crippen MR) is 86.9 cm³/mol. The van der Waals surface area contributed by atoms with Gasteiger partial charge < -0.3 is 10.4 Å². The lowest BCUT2D eigenvalue weighted by atomic mass is 10.0. The molecule has 3 aromatic carbocycles. The quantitative estimate of drug-likeness (QED) is 0.746. The molecule has 2 heteroatoms. The lowest BCUT2D eigenvalue weighted by Crippen LogP contribution is -2.14. The van der Waals surface area contributed by atoms with E-state index in [1.807, 2.05) is 18.2 Å². The van der Waals surface area contributed by atoms with Crippen LogP contribution in [0.15, 0.2) is 66.7 Å². The van der Waals surface area contributed by atoms with Crippen molar-refractivity contribution in [3.8, 4) is 0 Å². The Morgan fingerprint density at radius 1 is 0.667 bits per heavy atom. The number of fused-ring (bicyclic) bond motifs is 1. The molecule has 0 atom stereocenters. The number of aliphatic hydroxyl groups excluding tert-OH is 1. The fourth-order valence-electron chi connectivity index (χ4n) is 2.66. The van der Waals surface area contributed by atoms with Crippen LogP contribution in [0.5, 0.6) is 0 Å². The monoisotopic (exact) mass is 277 g/mol. The summed E-state index contributed by atoms with van der Waals surface area (Å²) < 4.78 is 0. The lowest BCUT2D eigenvalue weighted by molar-refractivity contribution is 0.280. The molecule has 2 nitrogen and oxygen atoms in total. The molecule has 0 spiro atoms. The Hall–Kier alpha value is -2.16. The number of rotatable bonds is 5. The van der Waals surface area contributed by atoms with Crippen molar-refractivity contribution in [2.75, 3.05) is 0 Å². The first-order valence-electron chi connectivity index (χ1n) is 7.23. The molecule has 0 fully saturated rings. The highest BCUT2D eigenvalue weighted by Crippen LogP contribution is 2.18. The summed E-state index contributed by atoms with van der Waals surface area (Å²) in [7, 11) is 0. The second-order valence-electron chi connectivity index (χ2n) is 5.17. The van der Waals surface area contributed by atoms with Crippen LogP contribution in [-0.4, -0.2) is 5.11 Å². The standard InChI is InChI=1S/C19H19NO/c21-14-18-8-2-1-7-16(18)12-20-13-17-10-5-9-15-6-3-4-11-19(15)17/h1-11,20-21H,12-14H2. The Morgan fingerprint density at radius 3 is 2.14 bits per heavy atom. The first kappa shape index (κ1) is 13.8. The Morgan fingerprint density at radius 2 is 1.29 bits per heavy atom. The van der Waals surface area contributed by atoms with Crippen LogP contribution in [0.2, 0.25) is 0 Å².